The molecule has 2 heterocycles. The van der Waals surface area contributed by atoms with Gasteiger partial charge in [0, 0.05) is 30.9 Å². The van der Waals surface area contributed by atoms with E-state index in [0.717, 1.165) is 17.7 Å². The molecule has 0 bridgehead atoms. The number of anilines is 1. The number of benzene rings is 2. The van der Waals surface area contributed by atoms with E-state index in [2.05, 4.69) is 20.6 Å². The summed E-state index contributed by atoms with van der Waals surface area (Å²) in [6.07, 6.45) is -1.02. The van der Waals surface area contributed by atoms with Gasteiger partial charge in [0.25, 0.3) is 5.91 Å². The van der Waals surface area contributed by atoms with Crippen LogP contribution in [0, 0.1) is 0 Å². The number of amides is 1. The molecule has 0 aliphatic rings. The number of rotatable bonds is 6. The smallest absolute Gasteiger partial charge is 0.366 e. The summed E-state index contributed by atoms with van der Waals surface area (Å²) < 4.78 is 38.8. The molecule has 0 aliphatic carbocycles. The summed E-state index contributed by atoms with van der Waals surface area (Å²) in [5.41, 5.74) is 1.59. The fourth-order valence-corrected chi connectivity index (χ4v) is 3.28. The highest BCUT2D eigenvalue weighted by Crippen LogP contribution is 2.29. The minimum atomic E-state index is -4.43. The Morgan fingerprint density at radius 2 is 1.72 bits per heavy atom. The van der Waals surface area contributed by atoms with Crippen LogP contribution in [0.25, 0.3) is 10.9 Å². The molecule has 5 nitrogen and oxygen atoms in total. The fraction of sp³-hybridized carbons (Fsp3) is 0.125. The summed E-state index contributed by atoms with van der Waals surface area (Å²) >= 11 is 0. The number of carbonyl (C=O) groups is 1. The largest absolute Gasteiger partial charge is 0.416 e. The number of pyridine rings is 2. The van der Waals surface area contributed by atoms with Gasteiger partial charge in [-0.1, -0.05) is 36.4 Å². The lowest BCUT2D eigenvalue weighted by atomic mass is 10.1. The van der Waals surface area contributed by atoms with Crippen molar-refractivity contribution in [2.75, 3.05) is 5.32 Å². The Morgan fingerprint density at radius 1 is 0.906 bits per heavy atom. The monoisotopic (exact) mass is 436 g/mol. The predicted molar refractivity (Wildman–Crippen MR) is 116 cm³/mol. The van der Waals surface area contributed by atoms with Gasteiger partial charge >= 0.3 is 6.18 Å². The Kier molecular flexibility index (Phi) is 6.02. The molecule has 162 valence electrons. The first-order chi connectivity index (χ1) is 15.4. The van der Waals surface area contributed by atoms with Crippen molar-refractivity contribution in [3.8, 4) is 0 Å². The van der Waals surface area contributed by atoms with Crippen LogP contribution in [0.5, 0.6) is 0 Å². The van der Waals surface area contributed by atoms with Crippen molar-refractivity contribution in [2.24, 2.45) is 0 Å². The van der Waals surface area contributed by atoms with E-state index in [-0.39, 0.29) is 6.54 Å². The third-order valence-corrected chi connectivity index (χ3v) is 4.86. The molecule has 0 radical (unpaired) electrons. The second-order valence-electron chi connectivity index (χ2n) is 7.17. The molecule has 8 heteroatoms. The van der Waals surface area contributed by atoms with Crippen LogP contribution in [-0.2, 0) is 19.3 Å². The minimum Gasteiger partial charge on any atom is -0.366 e. The average Bonchev–Trinajstić information content (AvgIpc) is 2.81. The second kappa shape index (κ2) is 9.05. The number of aromatic nitrogens is 2. The van der Waals surface area contributed by atoms with E-state index in [4.69, 9.17) is 0 Å². The number of hydrogen-bond donors (Lipinski definition) is 2. The summed E-state index contributed by atoms with van der Waals surface area (Å²) in [4.78, 5) is 21.6. The molecule has 4 rings (SSSR count). The van der Waals surface area contributed by atoms with Crippen molar-refractivity contribution < 1.29 is 18.0 Å². The number of hydrogen-bond acceptors (Lipinski definition) is 4. The van der Waals surface area contributed by atoms with Crippen LogP contribution in [-0.4, -0.2) is 15.9 Å². The van der Waals surface area contributed by atoms with Gasteiger partial charge in [-0.3, -0.25) is 9.78 Å². The maximum Gasteiger partial charge on any atom is 0.416 e. The van der Waals surface area contributed by atoms with E-state index < -0.39 is 17.6 Å². The number of nitrogens with zero attached hydrogens (tertiary/aromatic N) is 2. The van der Waals surface area contributed by atoms with E-state index in [1.54, 1.807) is 42.7 Å². The van der Waals surface area contributed by atoms with Crippen molar-refractivity contribution in [3.05, 3.63) is 101 Å². The van der Waals surface area contributed by atoms with Gasteiger partial charge in [0.05, 0.1) is 16.6 Å². The van der Waals surface area contributed by atoms with Gasteiger partial charge in [0.1, 0.15) is 5.82 Å². The topological polar surface area (TPSA) is 66.9 Å². The van der Waals surface area contributed by atoms with Crippen molar-refractivity contribution >= 4 is 22.6 Å². The van der Waals surface area contributed by atoms with Crippen LogP contribution < -0.4 is 10.6 Å². The van der Waals surface area contributed by atoms with Gasteiger partial charge < -0.3 is 10.6 Å². The molecule has 0 saturated heterocycles. The first-order valence-electron chi connectivity index (χ1n) is 9.87. The van der Waals surface area contributed by atoms with Gasteiger partial charge in [-0.2, -0.15) is 13.2 Å². The number of nitrogens with one attached hydrogen (secondary N) is 2. The maximum atomic E-state index is 12.9. The minimum absolute atomic E-state index is 0.0299. The summed E-state index contributed by atoms with van der Waals surface area (Å²) in [5.74, 6) is 0.113. The Morgan fingerprint density at radius 3 is 2.50 bits per heavy atom. The van der Waals surface area contributed by atoms with Crippen LogP contribution in [0.1, 0.15) is 27.0 Å². The molecule has 0 atom stereocenters. The maximum absolute atomic E-state index is 12.9. The van der Waals surface area contributed by atoms with E-state index in [1.807, 2.05) is 18.2 Å². The van der Waals surface area contributed by atoms with Gasteiger partial charge in [0.15, 0.2) is 0 Å². The lowest BCUT2D eigenvalue weighted by Gasteiger charge is -2.13. The number of halogens is 3. The zero-order chi connectivity index (χ0) is 22.6. The quantitative estimate of drug-likeness (QED) is 0.437. The van der Waals surface area contributed by atoms with Gasteiger partial charge in [-0.05, 0) is 41.5 Å². The third kappa shape index (κ3) is 5.03. The molecule has 0 saturated carbocycles. The SMILES string of the molecule is O=C(NCc1cccc(C(F)(F)F)c1)c1cc(NCc2cccnc2)nc2ccccc12. The summed E-state index contributed by atoms with van der Waals surface area (Å²) in [6.45, 7) is 0.447. The number of fused-ring (bicyclic) bond motifs is 1. The highest BCUT2D eigenvalue weighted by Gasteiger charge is 2.30. The van der Waals surface area contributed by atoms with E-state index >= 15 is 0 Å². The van der Waals surface area contributed by atoms with Crippen molar-refractivity contribution in [3.63, 3.8) is 0 Å². The van der Waals surface area contributed by atoms with Crippen molar-refractivity contribution in [2.45, 2.75) is 19.3 Å². The van der Waals surface area contributed by atoms with E-state index in [9.17, 15) is 18.0 Å². The molecule has 0 aliphatic heterocycles. The summed E-state index contributed by atoms with van der Waals surface area (Å²) in [6, 6.07) is 17.5. The molecular formula is C24H19F3N4O. The molecule has 0 fully saturated rings. The summed E-state index contributed by atoms with van der Waals surface area (Å²) in [7, 11) is 0. The van der Waals surface area contributed by atoms with E-state index in [0.29, 0.717) is 34.4 Å². The van der Waals surface area contributed by atoms with E-state index in [1.165, 1.54) is 6.07 Å². The molecule has 2 N–H and O–H groups in total. The third-order valence-electron chi connectivity index (χ3n) is 4.86. The molecule has 1 amide bonds. The Bertz CT molecular complexity index is 1240. The van der Waals surface area contributed by atoms with Crippen LogP contribution in [0.4, 0.5) is 19.0 Å². The zero-order valence-corrected chi connectivity index (χ0v) is 16.9. The number of para-hydroxylation sites is 1. The first-order valence-corrected chi connectivity index (χ1v) is 9.87. The average molecular weight is 436 g/mol. The summed E-state index contributed by atoms with van der Waals surface area (Å²) in [5, 5.41) is 6.56. The molecule has 0 spiro atoms. The standard InChI is InChI=1S/C24H19F3N4O/c25-24(26,27)18-7-3-5-16(11-18)14-30-23(32)20-12-22(29-15-17-6-4-10-28-13-17)31-21-9-2-1-8-19(20)21/h1-13H,14-15H2,(H,29,31)(H,30,32). The number of carbonyl (C=O) groups excluding carboxylic acids is 1. The molecular weight excluding hydrogens is 417 g/mol. The molecule has 4 aromatic rings. The van der Waals surface area contributed by atoms with Crippen LogP contribution >= 0.6 is 0 Å². The Hall–Kier alpha value is -3.94. The lowest BCUT2D eigenvalue weighted by Crippen LogP contribution is -2.23. The highest BCUT2D eigenvalue weighted by atomic mass is 19.4. The first kappa shape index (κ1) is 21.3. The van der Waals surface area contributed by atoms with Gasteiger partial charge in [0.2, 0.25) is 0 Å². The van der Waals surface area contributed by atoms with Crippen LogP contribution in [0.3, 0.4) is 0 Å². The van der Waals surface area contributed by atoms with Crippen LogP contribution in [0.2, 0.25) is 0 Å². The Labute approximate surface area is 182 Å². The molecule has 0 unspecified atom stereocenters. The highest BCUT2D eigenvalue weighted by molar-refractivity contribution is 6.06. The number of alkyl halides is 3. The fourth-order valence-electron chi connectivity index (χ4n) is 3.28. The van der Waals surface area contributed by atoms with Crippen LogP contribution in [0.15, 0.2) is 79.1 Å². The lowest BCUT2D eigenvalue weighted by molar-refractivity contribution is -0.137. The van der Waals surface area contributed by atoms with Crippen molar-refractivity contribution in [1.82, 2.24) is 15.3 Å². The predicted octanol–water partition coefficient (Wildman–Crippen LogP) is 5.19. The second-order valence-corrected chi connectivity index (χ2v) is 7.17. The van der Waals surface area contributed by atoms with Gasteiger partial charge in [-0.15, -0.1) is 0 Å². The van der Waals surface area contributed by atoms with Crippen molar-refractivity contribution in [1.29, 1.82) is 0 Å². The normalized spacial score (nSPS) is 11.3. The van der Waals surface area contributed by atoms with Gasteiger partial charge in [-0.25, -0.2) is 4.98 Å². The molecule has 2 aromatic heterocycles. The zero-order valence-electron chi connectivity index (χ0n) is 16.9. The molecule has 2 aromatic carbocycles. The Balaban J connectivity index is 1.55. The molecule has 32 heavy (non-hydrogen) atoms.